The molecule has 2 aromatic heterocycles. The van der Waals surface area contributed by atoms with Crippen molar-refractivity contribution >= 4 is 23.3 Å². The van der Waals surface area contributed by atoms with E-state index >= 15 is 0 Å². The van der Waals surface area contributed by atoms with E-state index in [0.29, 0.717) is 6.04 Å². The fourth-order valence-corrected chi connectivity index (χ4v) is 2.05. The van der Waals surface area contributed by atoms with Crippen LogP contribution in [0.2, 0.25) is 0 Å². The Balaban J connectivity index is 2.24. The number of rotatable bonds is 4. The van der Waals surface area contributed by atoms with Gasteiger partial charge in [0.1, 0.15) is 0 Å². The van der Waals surface area contributed by atoms with E-state index in [0.717, 1.165) is 28.9 Å². The molecule has 2 rings (SSSR count). The molecule has 0 aliphatic carbocycles. The molecule has 2 heterocycles. The number of hydrogen-bond donors (Lipinski definition) is 1. The second kappa shape index (κ2) is 4.98. The Morgan fingerprint density at radius 1 is 1.53 bits per heavy atom. The Hall–Kier alpha value is -1.20. The molecule has 0 aliphatic rings. The minimum atomic E-state index is 0.552. The molecule has 5 heteroatoms. The molecule has 2 aromatic rings. The maximum atomic E-state index is 5.33. The van der Waals surface area contributed by atoms with Crippen molar-refractivity contribution in [2.75, 3.05) is 13.6 Å². The minimum absolute atomic E-state index is 0.552. The number of likely N-dealkylation sites (N-methyl/N-ethyl adjacent to an activating group) is 1. The molecule has 0 bridgehead atoms. The molecule has 0 atom stereocenters. The number of imidazole rings is 1. The van der Waals surface area contributed by atoms with Crippen LogP contribution in [0.25, 0.3) is 11.0 Å². The number of aromatic amines is 1. The molecule has 0 fully saturated rings. The summed E-state index contributed by atoms with van der Waals surface area (Å²) in [4.78, 5) is 9.57. The monoisotopic (exact) mass is 250 g/mol. The highest BCUT2D eigenvalue weighted by Gasteiger charge is 2.06. The number of pyridine rings is 1. The number of fused-ring (bicyclic) bond motifs is 1. The first-order chi connectivity index (χ1) is 8.09. The quantitative estimate of drug-likeness (QED) is 0.847. The van der Waals surface area contributed by atoms with E-state index in [1.807, 2.05) is 12.3 Å². The smallest absolute Gasteiger partial charge is 0.178 e. The molecule has 92 valence electrons. The Labute approximate surface area is 106 Å². The first-order valence-corrected chi connectivity index (χ1v) is 6.23. The van der Waals surface area contributed by atoms with Crippen LogP contribution in [0.3, 0.4) is 0 Å². The van der Waals surface area contributed by atoms with Crippen LogP contribution in [0.4, 0.5) is 0 Å². The molecule has 0 radical (unpaired) electrons. The first-order valence-electron chi connectivity index (χ1n) is 5.82. The Morgan fingerprint density at radius 2 is 2.29 bits per heavy atom. The molecule has 17 heavy (non-hydrogen) atoms. The Morgan fingerprint density at radius 3 is 3.00 bits per heavy atom. The summed E-state index contributed by atoms with van der Waals surface area (Å²) in [7, 11) is 2.13. The standard InChI is InChI=1S/C12H18N4S/c1-9(2)15(3)6-7-16-11-4-5-13-8-10(11)14-12(16)17/h4-5,8-9H,6-7H2,1-3H3,(H,14,17). The van der Waals surface area contributed by atoms with E-state index in [1.54, 1.807) is 6.20 Å². The maximum Gasteiger partial charge on any atom is 0.178 e. The van der Waals surface area contributed by atoms with E-state index in [4.69, 9.17) is 12.2 Å². The average Bonchev–Trinajstić information content (AvgIpc) is 2.61. The Bertz CT molecular complexity index is 555. The van der Waals surface area contributed by atoms with E-state index in [1.165, 1.54) is 0 Å². The summed E-state index contributed by atoms with van der Waals surface area (Å²) >= 11 is 5.33. The zero-order chi connectivity index (χ0) is 12.4. The van der Waals surface area contributed by atoms with Crippen molar-refractivity contribution in [3.8, 4) is 0 Å². The number of aromatic nitrogens is 3. The van der Waals surface area contributed by atoms with Crippen molar-refractivity contribution in [3.05, 3.63) is 23.2 Å². The normalized spacial score (nSPS) is 11.8. The highest BCUT2D eigenvalue weighted by Crippen LogP contribution is 2.12. The zero-order valence-corrected chi connectivity index (χ0v) is 11.3. The van der Waals surface area contributed by atoms with Crippen LogP contribution in [0, 0.1) is 4.77 Å². The van der Waals surface area contributed by atoms with Crippen molar-refractivity contribution in [2.24, 2.45) is 0 Å². The zero-order valence-electron chi connectivity index (χ0n) is 10.5. The van der Waals surface area contributed by atoms with Gasteiger partial charge in [0.05, 0.1) is 17.2 Å². The van der Waals surface area contributed by atoms with Gasteiger partial charge in [0, 0.05) is 25.3 Å². The predicted octanol–water partition coefficient (Wildman–Crippen LogP) is 2.43. The van der Waals surface area contributed by atoms with Crippen LogP contribution >= 0.6 is 12.2 Å². The van der Waals surface area contributed by atoms with Gasteiger partial charge in [0.25, 0.3) is 0 Å². The van der Waals surface area contributed by atoms with Gasteiger partial charge in [0.2, 0.25) is 0 Å². The predicted molar refractivity (Wildman–Crippen MR) is 72.7 cm³/mol. The van der Waals surface area contributed by atoms with E-state index in [9.17, 15) is 0 Å². The van der Waals surface area contributed by atoms with Crippen LogP contribution in [-0.2, 0) is 6.54 Å². The van der Waals surface area contributed by atoms with Crippen molar-refractivity contribution in [2.45, 2.75) is 26.4 Å². The molecule has 0 saturated heterocycles. The lowest BCUT2D eigenvalue weighted by atomic mass is 10.3. The third-order valence-electron chi connectivity index (χ3n) is 3.13. The fourth-order valence-electron chi connectivity index (χ4n) is 1.75. The van der Waals surface area contributed by atoms with Crippen LogP contribution in [-0.4, -0.2) is 39.1 Å². The summed E-state index contributed by atoms with van der Waals surface area (Å²) in [6.45, 7) is 6.27. The van der Waals surface area contributed by atoms with Crippen molar-refractivity contribution < 1.29 is 0 Å². The van der Waals surface area contributed by atoms with Gasteiger partial charge >= 0.3 is 0 Å². The van der Waals surface area contributed by atoms with Gasteiger partial charge in [-0.05, 0) is 39.2 Å². The van der Waals surface area contributed by atoms with Crippen molar-refractivity contribution in [1.29, 1.82) is 0 Å². The summed E-state index contributed by atoms with van der Waals surface area (Å²) < 4.78 is 2.90. The Kier molecular flexibility index (Phi) is 3.59. The summed E-state index contributed by atoms with van der Waals surface area (Å²) in [6.07, 6.45) is 3.61. The van der Waals surface area contributed by atoms with Gasteiger partial charge in [-0.2, -0.15) is 0 Å². The highest BCUT2D eigenvalue weighted by molar-refractivity contribution is 7.71. The lowest BCUT2D eigenvalue weighted by Crippen LogP contribution is -2.29. The van der Waals surface area contributed by atoms with Crippen molar-refractivity contribution in [3.63, 3.8) is 0 Å². The summed E-state index contributed by atoms with van der Waals surface area (Å²) in [5.74, 6) is 0. The third-order valence-corrected chi connectivity index (χ3v) is 3.46. The van der Waals surface area contributed by atoms with Gasteiger partial charge in [-0.1, -0.05) is 0 Å². The van der Waals surface area contributed by atoms with Crippen LogP contribution in [0.15, 0.2) is 18.5 Å². The molecular formula is C12H18N4S. The maximum absolute atomic E-state index is 5.33. The second-order valence-electron chi connectivity index (χ2n) is 4.55. The van der Waals surface area contributed by atoms with Crippen LogP contribution < -0.4 is 0 Å². The fraction of sp³-hybridized carbons (Fsp3) is 0.500. The molecule has 0 saturated carbocycles. The van der Waals surface area contributed by atoms with Crippen molar-refractivity contribution in [1.82, 2.24) is 19.4 Å². The SMILES string of the molecule is CC(C)N(C)CCn1c(=S)[nH]c2cnccc21. The minimum Gasteiger partial charge on any atom is -0.329 e. The molecule has 1 N–H and O–H groups in total. The third kappa shape index (κ3) is 2.56. The molecule has 4 nitrogen and oxygen atoms in total. The molecule has 0 spiro atoms. The van der Waals surface area contributed by atoms with E-state index in [-0.39, 0.29) is 0 Å². The molecule has 0 aliphatic heterocycles. The molecule has 0 aromatic carbocycles. The highest BCUT2D eigenvalue weighted by atomic mass is 32.1. The van der Waals surface area contributed by atoms with Crippen LogP contribution in [0.5, 0.6) is 0 Å². The average molecular weight is 250 g/mol. The summed E-state index contributed by atoms with van der Waals surface area (Å²) in [6, 6.07) is 2.55. The topological polar surface area (TPSA) is 36.9 Å². The van der Waals surface area contributed by atoms with Gasteiger partial charge in [-0.3, -0.25) is 4.98 Å². The first kappa shape index (κ1) is 12.3. The van der Waals surface area contributed by atoms with Gasteiger partial charge < -0.3 is 14.5 Å². The summed E-state index contributed by atoms with van der Waals surface area (Å²) in [5, 5.41) is 0. The lowest BCUT2D eigenvalue weighted by Gasteiger charge is -2.21. The molecule has 0 amide bonds. The van der Waals surface area contributed by atoms with Gasteiger partial charge in [-0.15, -0.1) is 0 Å². The largest absolute Gasteiger partial charge is 0.329 e. The molecular weight excluding hydrogens is 232 g/mol. The van der Waals surface area contributed by atoms with Gasteiger partial charge in [-0.25, -0.2) is 0 Å². The number of H-pyrrole nitrogens is 1. The summed E-state index contributed by atoms with van der Waals surface area (Å²) in [5.41, 5.74) is 2.13. The van der Waals surface area contributed by atoms with E-state index < -0.39 is 0 Å². The van der Waals surface area contributed by atoms with Crippen LogP contribution in [0.1, 0.15) is 13.8 Å². The number of nitrogens with zero attached hydrogens (tertiary/aromatic N) is 3. The van der Waals surface area contributed by atoms with Gasteiger partial charge in [0.15, 0.2) is 4.77 Å². The number of hydrogen-bond acceptors (Lipinski definition) is 3. The molecule has 0 unspecified atom stereocenters. The lowest BCUT2D eigenvalue weighted by molar-refractivity contribution is 0.263. The second-order valence-corrected chi connectivity index (χ2v) is 4.94. The van der Waals surface area contributed by atoms with E-state index in [2.05, 4.69) is 40.3 Å². The number of nitrogens with one attached hydrogen (secondary N) is 1.